The third-order valence-electron chi connectivity index (χ3n) is 4.88. The Kier molecular flexibility index (Phi) is 9.42. The van der Waals surface area contributed by atoms with E-state index in [9.17, 15) is 0 Å². The maximum Gasteiger partial charge on any atom is 0.193 e. The minimum atomic E-state index is 0.801. The summed E-state index contributed by atoms with van der Waals surface area (Å²) >= 11 is 0. The highest BCUT2D eigenvalue weighted by molar-refractivity contribution is 5.80. The molecule has 0 saturated carbocycles. The Balaban J connectivity index is 1.75. The lowest BCUT2D eigenvalue weighted by atomic mass is 9.90. The molecule has 1 aromatic carbocycles. The fourth-order valence-corrected chi connectivity index (χ4v) is 3.44. The smallest absolute Gasteiger partial charge is 0.193 e. The van der Waals surface area contributed by atoms with Crippen LogP contribution in [0.5, 0.6) is 0 Å². The number of hydrogen-bond donors (Lipinski definition) is 1. The first kappa shape index (κ1) is 19.8. The molecule has 1 aliphatic rings. The number of piperidine rings is 1. The van der Waals surface area contributed by atoms with Crippen molar-refractivity contribution in [3.05, 3.63) is 35.9 Å². The number of nitrogens with zero attached hydrogens (tertiary/aromatic N) is 2. The average molecular weight is 346 g/mol. The van der Waals surface area contributed by atoms with Crippen LogP contribution in [0.2, 0.25) is 0 Å². The van der Waals surface area contributed by atoms with Gasteiger partial charge in [0.1, 0.15) is 0 Å². The van der Waals surface area contributed by atoms with Crippen LogP contribution in [0.1, 0.15) is 44.6 Å². The first-order chi connectivity index (χ1) is 12.3. The van der Waals surface area contributed by atoms with Gasteiger partial charge in [0.2, 0.25) is 0 Å². The van der Waals surface area contributed by atoms with Crippen LogP contribution in [-0.2, 0) is 11.2 Å². The molecule has 1 fully saturated rings. The van der Waals surface area contributed by atoms with Gasteiger partial charge in [0.25, 0.3) is 0 Å². The average Bonchev–Trinajstić information content (AvgIpc) is 2.65. The highest BCUT2D eigenvalue weighted by atomic mass is 16.5. The van der Waals surface area contributed by atoms with E-state index in [1.54, 1.807) is 7.11 Å². The fourth-order valence-electron chi connectivity index (χ4n) is 3.44. The van der Waals surface area contributed by atoms with Crippen molar-refractivity contribution in [3.8, 4) is 0 Å². The number of methoxy groups -OCH3 is 1. The molecule has 2 rings (SSSR count). The van der Waals surface area contributed by atoms with Crippen molar-refractivity contribution in [2.45, 2.75) is 45.4 Å². The fraction of sp³-hybridized carbons (Fsp3) is 0.667. The van der Waals surface area contributed by atoms with E-state index in [4.69, 9.17) is 9.73 Å². The van der Waals surface area contributed by atoms with Gasteiger partial charge in [-0.3, -0.25) is 4.99 Å². The molecule has 0 unspecified atom stereocenters. The van der Waals surface area contributed by atoms with Crippen molar-refractivity contribution < 1.29 is 4.74 Å². The van der Waals surface area contributed by atoms with Gasteiger partial charge in [0.05, 0.1) is 0 Å². The first-order valence-electron chi connectivity index (χ1n) is 9.89. The monoisotopic (exact) mass is 345 g/mol. The van der Waals surface area contributed by atoms with Crippen molar-refractivity contribution in [1.29, 1.82) is 0 Å². The Labute approximate surface area is 153 Å². The van der Waals surface area contributed by atoms with E-state index in [1.165, 1.54) is 31.2 Å². The Morgan fingerprint density at radius 1 is 1.16 bits per heavy atom. The van der Waals surface area contributed by atoms with Gasteiger partial charge in [-0.2, -0.15) is 0 Å². The number of hydrogen-bond acceptors (Lipinski definition) is 2. The Morgan fingerprint density at radius 2 is 1.92 bits per heavy atom. The lowest BCUT2D eigenvalue weighted by Crippen LogP contribution is -2.46. The number of benzene rings is 1. The van der Waals surface area contributed by atoms with Crippen molar-refractivity contribution in [1.82, 2.24) is 10.2 Å². The van der Waals surface area contributed by atoms with E-state index in [0.717, 1.165) is 57.5 Å². The SMILES string of the molecule is CCNC(=NCCCCCOC)N1CCC(Cc2ccccc2)CC1. The van der Waals surface area contributed by atoms with Crippen LogP contribution in [0.15, 0.2) is 35.3 Å². The summed E-state index contributed by atoms with van der Waals surface area (Å²) in [5.74, 6) is 1.91. The number of aliphatic imine (C=N–C) groups is 1. The van der Waals surface area contributed by atoms with E-state index < -0.39 is 0 Å². The van der Waals surface area contributed by atoms with Crippen LogP contribution in [0.25, 0.3) is 0 Å². The number of ether oxygens (including phenoxy) is 1. The predicted molar refractivity (Wildman–Crippen MR) is 106 cm³/mol. The molecule has 0 radical (unpaired) electrons. The van der Waals surface area contributed by atoms with Gasteiger partial charge in [0.15, 0.2) is 5.96 Å². The van der Waals surface area contributed by atoms with Crippen LogP contribution < -0.4 is 5.32 Å². The Morgan fingerprint density at radius 3 is 2.60 bits per heavy atom. The van der Waals surface area contributed by atoms with E-state index in [1.807, 2.05) is 0 Å². The molecule has 0 atom stereocenters. The molecule has 25 heavy (non-hydrogen) atoms. The zero-order valence-electron chi connectivity index (χ0n) is 16.0. The van der Waals surface area contributed by atoms with Gasteiger partial charge in [-0.05, 0) is 56.9 Å². The van der Waals surface area contributed by atoms with Crippen LogP contribution in [-0.4, -0.2) is 50.8 Å². The topological polar surface area (TPSA) is 36.9 Å². The number of unbranched alkanes of at least 4 members (excludes halogenated alkanes) is 2. The molecule has 4 nitrogen and oxygen atoms in total. The number of nitrogens with one attached hydrogen (secondary N) is 1. The third-order valence-corrected chi connectivity index (χ3v) is 4.88. The molecule has 1 aliphatic heterocycles. The maximum absolute atomic E-state index is 5.10. The first-order valence-corrected chi connectivity index (χ1v) is 9.89. The summed E-state index contributed by atoms with van der Waals surface area (Å²) in [6, 6.07) is 10.9. The van der Waals surface area contributed by atoms with E-state index in [2.05, 4.69) is 47.5 Å². The minimum Gasteiger partial charge on any atom is -0.385 e. The third kappa shape index (κ3) is 7.47. The van der Waals surface area contributed by atoms with Crippen LogP contribution in [0.3, 0.4) is 0 Å². The summed E-state index contributed by atoms with van der Waals surface area (Å²) in [6.45, 7) is 7.09. The van der Waals surface area contributed by atoms with Gasteiger partial charge < -0.3 is 15.0 Å². The number of guanidine groups is 1. The zero-order chi connectivity index (χ0) is 17.7. The summed E-state index contributed by atoms with van der Waals surface area (Å²) in [4.78, 5) is 7.28. The summed E-state index contributed by atoms with van der Waals surface area (Å²) in [6.07, 6.45) is 7.19. The standard InChI is InChI=1S/C21H35N3O/c1-3-22-21(23-14-8-5-9-17-25-2)24-15-12-20(13-16-24)18-19-10-6-4-7-11-19/h4,6-7,10-11,20H,3,5,8-9,12-18H2,1-2H3,(H,22,23). The molecule has 1 aromatic rings. The molecule has 0 bridgehead atoms. The van der Waals surface area contributed by atoms with Crippen LogP contribution >= 0.6 is 0 Å². The molecule has 0 aliphatic carbocycles. The molecule has 4 heteroatoms. The second-order valence-electron chi connectivity index (χ2n) is 6.91. The molecule has 1 N–H and O–H groups in total. The van der Waals surface area contributed by atoms with Gasteiger partial charge in [-0.15, -0.1) is 0 Å². The van der Waals surface area contributed by atoms with Crippen LogP contribution in [0, 0.1) is 5.92 Å². The summed E-state index contributed by atoms with van der Waals surface area (Å²) in [5.41, 5.74) is 1.47. The van der Waals surface area contributed by atoms with E-state index >= 15 is 0 Å². The van der Waals surface area contributed by atoms with E-state index in [-0.39, 0.29) is 0 Å². The molecule has 0 spiro atoms. The summed E-state index contributed by atoms with van der Waals surface area (Å²) in [5, 5.41) is 3.47. The normalized spacial score (nSPS) is 16.2. The van der Waals surface area contributed by atoms with E-state index in [0.29, 0.717) is 0 Å². The minimum absolute atomic E-state index is 0.801. The quantitative estimate of drug-likeness (QED) is 0.421. The van der Waals surface area contributed by atoms with Crippen molar-refractivity contribution >= 4 is 5.96 Å². The molecule has 140 valence electrons. The lowest BCUT2D eigenvalue weighted by molar-refractivity contribution is 0.192. The Bertz CT molecular complexity index is 481. The van der Waals surface area contributed by atoms with Gasteiger partial charge in [-0.1, -0.05) is 30.3 Å². The largest absolute Gasteiger partial charge is 0.385 e. The maximum atomic E-state index is 5.10. The summed E-state index contributed by atoms with van der Waals surface area (Å²) in [7, 11) is 1.77. The summed E-state index contributed by atoms with van der Waals surface area (Å²) < 4.78 is 5.10. The van der Waals surface area contributed by atoms with Crippen LogP contribution in [0.4, 0.5) is 0 Å². The molecular weight excluding hydrogens is 310 g/mol. The zero-order valence-corrected chi connectivity index (χ0v) is 16.0. The number of likely N-dealkylation sites (tertiary alicyclic amines) is 1. The van der Waals surface area contributed by atoms with Crippen molar-refractivity contribution in [2.75, 3.05) is 39.9 Å². The van der Waals surface area contributed by atoms with Gasteiger partial charge in [0, 0.05) is 39.9 Å². The van der Waals surface area contributed by atoms with Crippen molar-refractivity contribution in [2.24, 2.45) is 10.9 Å². The highest BCUT2D eigenvalue weighted by Gasteiger charge is 2.21. The number of rotatable bonds is 9. The molecule has 0 amide bonds. The second-order valence-corrected chi connectivity index (χ2v) is 6.91. The second kappa shape index (κ2) is 11.9. The van der Waals surface area contributed by atoms with Gasteiger partial charge >= 0.3 is 0 Å². The predicted octanol–water partition coefficient (Wildman–Crippen LogP) is 3.72. The molecule has 0 aromatic heterocycles. The van der Waals surface area contributed by atoms with Gasteiger partial charge in [-0.25, -0.2) is 0 Å². The molecule has 1 heterocycles. The molecular formula is C21H35N3O. The van der Waals surface area contributed by atoms with Crippen molar-refractivity contribution in [3.63, 3.8) is 0 Å². The molecule has 1 saturated heterocycles. The lowest BCUT2D eigenvalue weighted by Gasteiger charge is -2.34. The Hall–Kier alpha value is -1.55. The highest BCUT2D eigenvalue weighted by Crippen LogP contribution is 2.21.